The van der Waals surface area contributed by atoms with Crippen molar-refractivity contribution in [1.29, 1.82) is 0 Å². The molecule has 2 aromatic rings. The van der Waals surface area contributed by atoms with E-state index >= 15 is 0 Å². The van der Waals surface area contributed by atoms with E-state index in [1.165, 1.54) is 11.1 Å². The molecule has 0 aromatic heterocycles. The molecule has 2 aromatic carbocycles. The van der Waals surface area contributed by atoms with Crippen LogP contribution in [-0.2, 0) is 6.42 Å². The first-order valence-electron chi connectivity index (χ1n) is 6.38. The average molecular weight is 380 g/mol. The van der Waals surface area contributed by atoms with Gasteiger partial charge in [-0.05, 0) is 58.3 Å². The third-order valence-electron chi connectivity index (χ3n) is 3.58. The average Bonchev–Trinajstić information content (AvgIpc) is 2.41. The lowest BCUT2D eigenvalue weighted by Gasteiger charge is -2.30. The van der Waals surface area contributed by atoms with Crippen molar-refractivity contribution in [3.8, 4) is 5.75 Å². The Morgan fingerprint density at radius 2 is 2.10 bits per heavy atom. The summed E-state index contributed by atoms with van der Waals surface area (Å²) in [5, 5.41) is 9.01. The van der Waals surface area contributed by atoms with Gasteiger partial charge in [0.05, 0.1) is 15.7 Å². The number of aromatic carboxylic acids is 1. The minimum Gasteiger partial charge on any atom is -0.492 e. The molecule has 0 saturated heterocycles. The maximum Gasteiger partial charge on any atom is 0.335 e. The van der Waals surface area contributed by atoms with Crippen LogP contribution in [0, 0.1) is 3.57 Å². The van der Waals surface area contributed by atoms with Crippen LogP contribution in [0.3, 0.4) is 0 Å². The van der Waals surface area contributed by atoms with Crippen molar-refractivity contribution in [2.24, 2.45) is 0 Å². The van der Waals surface area contributed by atoms with Crippen molar-refractivity contribution >= 4 is 28.6 Å². The van der Waals surface area contributed by atoms with Crippen molar-refractivity contribution in [3.63, 3.8) is 0 Å². The number of carboxylic acid groups (broad SMARTS) is 1. The molecule has 3 rings (SSSR count). The van der Waals surface area contributed by atoms with Gasteiger partial charge in [-0.2, -0.15) is 0 Å². The second-order valence-electron chi connectivity index (χ2n) is 4.86. The SMILES string of the molecule is O=C(O)c1ccc(I)c(OCC2Cc3ccccc32)c1. The van der Waals surface area contributed by atoms with E-state index in [2.05, 4.69) is 40.8 Å². The predicted octanol–water partition coefficient (Wildman–Crippen LogP) is 3.71. The summed E-state index contributed by atoms with van der Waals surface area (Å²) in [6, 6.07) is 13.3. The van der Waals surface area contributed by atoms with Gasteiger partial charge in [0.25, 0.3) is 0 Å². The Hall–Kier alpha value is -1.56. The molecule has 1 unspecified atom stereocenters. The fraction of sp³-hybridized carbons (Fsp3) is 0.188. The molecule has 1 N–H and O–H groups in total. The van der Waals surface area contributed by atoms with Crippen LogP contribution < -0.4 is 4.74 Å². The highest BCUT2D eigenvalue weighted by Gasteiger charge is 2.26. The Morgan fingerprint density at radius 1 is 1.30 bits per heavy atom. The number of rotatable bonds is 4. The van der Waals surface area contributed by atoms with E-state index in [0.29, 0.717) is 18.3 Å². The van der Waals surface area contributed by atoms with Gasteiger partial charge in [0.15, 0.2) is 0 Å². The molecule has 0 saturated carbocycles. The van der Waals surface area contributed by atoms with Crippen LogP contribution in [0.15, 0.2) is 42.5 Å². The molecule has 1 atom stereocenters. The van der Waals surface area contributed by atoms with E-state index in [1.807, 2.05) is 6.07 Å². The van der Waals surface area contributed by atoms with Gasteiger partial charge in [-0.1, -0.05) is 24.3 Å². The van der Waals surface area contributed by atoms with Gasteiger partial charge in [-0.25, -0.2) is 4.79 Å². The highest BCUT2D eigenvalue weighted by Crippen LogP contribution is 2.35. The maximum absolute atomic E-state index is 11.0. The summed E-state index contributed by atoms with van der Waals surface area (Å²) in [6.45, 7) is 0.593. The lowest BCUT2D eigenvalue weighted by molar-refractivity contribution is 0.0696. The van der Waals surface area contributed by atoms with E-state index in [0.717, 1.165) is 9.99 Å². The van der Waals surface area contributed by atoms with E-state index in [1.54, 1.807) is 18.2 Å². The summed E-state index contributed by atoms with van der Waals surface area (Å²) in [6.07, 6.45) is 1.03. The highest BCUT2D eigenvalue weighted by molar-refractivity contribution is 14.1. The number of fused-ring (bicyclic) bond motifs is 1. The van der Waals surface area contributed by atoms with Gasteiger partial charge in [-0.3, -0.25) is 0 Å². The van der Waals surface area contributed by atoms with Crippen molar-refractivity contribution in [2.75, 3.05) is 6.61 Å². The molecular weight excluding hydrogens is 367 g/mol. The molecule has 1 aliphatic rings. The molecular formula is C16H13IO3. The first kappa shape index (κ1) is 13.4. The van der Waals surface area contributed by atoms with E-state index < -0.39 is 5.97 Å². The van der Waals surface area contributed by atoms with Gasteiger partial charge in [0, 0.05) is 5.92 Å². The maximum atomic E-state index is 11.0. The standard InChI is InChI=1S/C16H13IO3/c17-14-6-5-11(16(18)19)8-15(14)20-9-12-7-10-3-1-2-4-13(10)12/h1-6,8,12H,7,9H2,(H,18,19). The van der Waals surface area contributed by atoms with Gasteiger partial charge >= 0.3 is 5.97 Å². The quantitative estimate of drug-likeness (QED) is 0.823. The first-order valence-corrected chi connectivity index (χ1v) is 7.46. The summed E-state index contributed by atoms with van der Waals surface area (Å²) in [4.78, 5) is 11.0. The Labute approximate surface area is 130 Å². The number of carbonyl (C=O) groups is 1. The summed E-state index contributed by atoms with van der Waals surface area (Å²) in [5.74, 6) is 0.130. The van der Waals surface area contributed by atoms with Crippen LogP contribution in [0.25, 0.3) is 0 Å². The summed E-state index contributed by atoms with van der Waals surface area (Å²) in [7, 11) is 0. The van der Waals surface area contributed by atoms with Crippen LogP contribution in [0.5, 0.6) is 5.75 Å². The molecule has 0 radical (unpaired) electrons. The van der Waals surface area contributed by atoms with Gasteiger partial charge in [-0.15, -0.1) is 0 Å². The lowest BCUT2D eigenvalue weighted by atomic mass is 9.78. The second kappa shape index (κ2) is 5.44. The Morgan fingerprint density at radius 3 is 2.85 bits per heavy atom. The number of ether oxygens (including phenoxy) is 1. The van der Waals surface area contributed by atoms with E-state index in [9.17, 15) is 4.79 Å². The monoisotopic (exact) mass is 380 g/mol. The largest absolute Gasteiger partial charge is 0.492 e. The minimum absolute atomic E-state index is 0.259. The molecule has 0 fully saturated rings. The Bertz CT molecular complexity index is 667. The second-order valence-corrected chi connectivity index (χ2v) is 6.02. The molecule has 0 heterocycles. The topological polar surface area (TPSA) is 46.5 Å². The molecule has 1 aliphatic carbocycles. The molecule has 4 heteroatoms. The Kier molecular flexibility index (Phi) is 3.65. The number of carboxylic acids is 1. The van der Waals surface area contributed by atoms with Crippen molar-refractivity contribution in [3.05, 3.63) is 62.7 Å². The molecule has 0 bridgehead atoms. The van der Waals surface area contributed by atoms with Gasteiger partial charge in [0.2, 0.25) is 0 Å². The summed E-state index contributed by atoms with van der Waals surface area (Å²) in [5.41, 5.74) is 2.99. The molecule has 0 aliphatic heterocycles. The van der Waals surface area contributed by atoms with E-state index in [-0.39, 0.29) is 5.56 Å². The van der Waals surface area contributed by atoms with Gasteiger partial charge < -0.3 is 9.84 Å². The molecule has 0 spiro atoms. The zero-order valence-electron chi connectivity index (χ0n) is 10.7. The number of benzene rings is 2. The Balaban J connectivity index is 1.71. The number of hydrogen-bond acceptors (Lipinski definition) is 2. The third kappa shape index (κ3) is 2.52. The van der Waals surface area contributed by atoms with Crippen LogP contribution in [0.2, 0.25) is 0 Å². The van der Waals surface area contributed by atoms with Crippen LogP contribution in [0.4, 0.5) is 0 Å². The zero-order chi connectivity index (χ0) is 14.1. The number of hydrogen-bond donors (Lipinski definition) is 1. The fourth-order valence-electron chi connectivity index (χ4n) is 2.45. The van der Waals surface area contributed by atoms with E-state index in [4.69, 9.17) is 9.84 Å². The normalized spacial score (nSPS) is 16.1. The molecule has 0 amide bonds. The molecule has 3 nitrogen and oxygen atoms in total. The molecule has 20 heavy (non-hydrogen) atoms. The third-order valence-corrected chi connectivity index (χ3v) is 4.47. The summed E-state index contributed by atoms with van der Waals surface area (Å²) < 4.78 is 6.75. The fourth-order valence-corrected chi connectivity index (χ4v) is 2.94. The minimum atomic E-state index is -0.930. The van der Waals surface area contributed by atoms with Crippen LogP contribution in [0.1, 0.15) is 27.4 Å². The van der Waals surface area contributed by atoms with Crippen LogP contribution in [-0.4, -0.2) is 17.7 Å². The van der Waals surface area contributed by atoms with Crippen molar-refractivity contribution < 1.29 is 14.6 Å². The first-order chi connectivity index (χ1) is 9.65. The van der Waals surface area contributed by atoms with Crippen molar-refractivity contribution in [1.82, 2.24) is 0 Å². The van der Waals surface area contributed by atoms with Crippen LogP contribution >= 0.6 is 22.6 Å². The lowest BCUT2D eigenvalue weighted by Crippen LogP contribution is -2.23. The molecule has 102 valence electrons. The van der Waals surface area contributed by atoms with Crippen molar-refractivity contribution in [2.45, 2.75) is 12.3 Å². The number of halogens is 1. The highest BCUT2D eigenvalue weighted by atomic mass is 127. The van der Waals surface area contributed by atoms with Gasteiger partial charge in [0.1, 0.15) is 5.75 Å². The predicted molar refractivity (Wildman–Crippen MR) is 84.5 cm³/mol. The zero-order valence-corrected chi connectivity index (χ0v) is 12.8. The summed E-state index contributed by atoms with van der Waals surface area (Å²) >= 11 is 2.16. The smallest absolute Gasteiger partial charge is 0.335 e.